The minimum Gasteiger partial charge on any atom is -0.508 e. The van der Waals surface area contributed by atoms with E-state index < -0.39 is 58.0 Å². The van der Waals surface area contributed by atoms with Gasteiger partial charge in [-0.1, -0.05) is 0 Å². The zero-order chi connectivity index (χ0) is 20.5. The molecule has 1 fully saturated rings. The highest BCUT2D eigenvalue weighted by Gasteiger charge is 2.63. The van der Waals surface area contributed by atoms with Crippen molar-refractivity contribution >= 4 is 23.2 Å². The molecule has 0 aliphatic heterocycles. The first-order valence-electron chi connectivity index (χ1n) is 8.50. The second kappa shape index (κ2) is 5.63. The summed E-state index contributed by atoms with van der Waals surface area (Å²) in [7, 11) is 0. The number of aliphatic hydroxyl groups excluding tert-OH is 2. The monoisotopic (exact) mass is 387 g/mol. The van der Waals surface area contributed by atoms with Crippen LogP contribution in [0.2, 0.25) is 0 Å². The quantitative estimate of drug-likeness (QED) is 0.319. The SMILES string of the molecule is NC(=O)C1=C(O)[C@@]2(O)C(=O)C3=C(O)c4c(O)cncc4C[C@H]3C[C@H]2[C@H](N)C1=O. The van der Waals surface area contributed by atoms with Crippen LogP contribution in [0.5, 0.6) is 5.75 Å². The maximum Gasteiger partial charge on any atom is 0.255 e. The Labute approximate surface area is 157 Å². The fourth-order valence-corrected chi connectivity index (χ4v) is 4.54. The molecule has 3 aliphatic rings. The van der Waals surface area contributed by atoms with Gasteiger partial charge in [-0.15, -0.1) is 0 Å². The Hall–Kier alpha value is -3.24. The van der Waals surface area contributed by atoms with Crippen LogP contribution in [0.3, 0.4) is 0 Å². The average molecular weight is 387 g/mol. The molecule has 10 nitrogen and oxygen atoms in total. The van der Waals surface area contributed by atoms with Crippen LogP contribution in [-0.4, -0.2) is 54.5 Å². The number of ketones is 2. The number of amides is 1. The summed E-state index contributed by atoms with van der Waals surface area (Å²) < 4.78 is 0. The van der Waals surface area contributed by atoms with Crippen LogP contribution < -0.4 is 11.5 Å². The van der Waals surface area contributed by atoms with Crippen LogP contribution >= 0.6 is 0 Å². The van der Waals surface area contributed by atoms with E-state index in [0.29, 0.717) is 5.56 Å². The van der Waals surface area contributed by atoms with Gasteiger partial charge in [0.05, 0.1) is 17.8 Å². The number of primary amides is 1. The molecular formula is C18H17N3O7. The third-order valence-corrected chi connectivity index (χ3v) is 5.86. The van der Waals surface area contributed by atoms with Crippen molar-refractivity contribution in [3.05, 3.63) is 40.4 Å². The summed E-state index contributed by atoms with van der Waals surface area (Å²) in [4.78, 5) is 41.0. The van der Waals surface area contributed by atoms with E-state index in [1.165, 1.54) is 6.20 Å². The van der Waals surface area contributed by atoms with Gasteiger partial charge in [-0.05, 0) is 24.3 Å². The highest BCUT2D eigenvalue weighted by atomic mass is 16.3. The summed E-state index contributed by atoms with van der Waals surface area (Å²) in [5.41, 5.74) is 7.68. The molecule has 10 heteroatoms. The summed E-state index contributed by atoms with van der Waals surface area (Å²) in [5.74, 6) is -7.29. The van der Waals surface area contributed by atoms with Crippen molar-refractivity contribution in [2.75, 3.05) is 0 Å². The number of carbonyl (C=O) groups excluding carboxylic acids is 3. The Morgan fingerprint density at radius 1 is 1.21 bits per heavy atom. The molecule has 0 radical (unpaired) electrons. The van der Waals surface area contributed by atoms with Crippen LogP contribution in [0.25, 0.3) is 5.76 Å². The average Bonchev–Trinajstić information content (AvgIpc) is 2.62. The van der Waals surface area contributed by atoms with E-state index in [0.717, 1.165) is 6.20 Å². The minimum absolute atomic E-state index is 0.00595. The number of hydrogen-bond acceptors (Lipinski definition) is 9. The zero-order valence-corrected chi connectivity index (χ0v) is 14.4. The third kappa shape index (κ3) is 2.04. The minimum atomic E-state index is -2.68. The number of nitrogens with zero attached hydrogens (tertiary/aromatic N) is 1. The standard InChI is InChI=1S/C18H17N3O7/c19-12-7-2-5-1-6-3-21-4-8(22)9(6)13(23)10(5)15(25)18(7,28)16(26)11(14(12)24)17(20)27/h3-5,7,12,22-23,26,28H,1-2,19H2,(H2,20,27)/t5-,7-,12-,18-/m0/s1. The van der Waals surface area contributed by atoms with Gasteiger partial charge in [0, 0.05) is 17.7 Å². The van der Waals surface area contributed by atoms with Crippen molar-refractivity contribution in [2.24, 2.45) is 23.3 Å². The third-order valence-electron chi connectivity index (χ3n) is 5.86. The number of pyridine rings is 1. The molecule has 1 aromatic heterocycles. The Balaban J connectivity index is 1.96. The summed E-state index contributed by atoms with van der Waals surface area (Å²) in [6.07, 6.45) is 2.70. The molecule has 1 saturated carbocycles. The molecule has 1 aromatic rings. The smallest absolute Gasteiger partial charge is 0.255 e. The molecule has 1 heterocycles. The molecule has 8 N–H and O–H groups in total. The normalized spacial score (nSPS) is 32.0. The molecule has 146 valence electrons. The topological polar surface area (TPSA) is 197 Å². The predicted molar refractivity (Wildman–Crippen MR) is 92.5 cm³/mol. The van der Waals surface area contributed by atoms with Gasteiger partial charge in [-0.3, -0.25) is 19.4 Å². The van der Waals surface area contributed by atoms with Crippen molar-refractivity contribution in [1.29, 1.82) is 0 Å². The van der Waals surface area contributed by atoms with Crippen molar-refractivity contribution in [3.63, 3.8) is 0 Å². The first kappa shape index (κ1) is 18.1. The lowest BCUT2D eigenvalue weighted by Gasteiger charge is -2.48. The van der Waals surface area contributed by atoms with Crippen molar-refractivity contribution < 1.29 is 34.8 Å². The predicted octanol–water partition coefficient (Wildman–Crippen LogP) is -1.24. The van der Waals surface area contributed by atoms with Crippen LogP contribution in [0.1, 0.15) is 17.5 Å². The van der Waals surface area contributed by atoms with E-state index in [2.05, 4.69) is 4.98 Å². The van der Waals surface area contributed by atoms with Crippen LogP contribution in [0.15, 0.2) is 29.3 Å². The van der Waals surface area contributed by atoms with Crippen molar-refractivity contribution in [1.82, 2.24) is 4.98 Å². The summed E-state index contributed by atoms with van der Waals surface area (Å²) in [6.45, 7) is 0. The van der Waals surface area contributed by atoms with Gasteiger partial charge in [0.2, 0.25) is 5.78 Å². The van der Waals surface area contributed by atoms with Gasteiger partial charge in [-0.2, -0.15) is 0 Å². The molecule has 1 amide bonds. The molecule has 3 aliphatic carbocycles. The summed E-state index contributed by atoms with van der Waals surface area (Å²) >= 11 is 0. The van der Waals surface area contributed by atoms with E-state index in [-0.39, 0.29) is 29.7 Å². The fourth-order valence-electron chi connectivity index (χ4n) is 4.54. The number of Topliss-reactive ketones (excluding diaryl/α,β-unsaturated/α-hetero) is 2. The number of aromatic nitrogens is 1. The Bertz CT molecular complexity index is 1030. The Kier molecular flexibility index (Phi) is 3.65. The first-order valence-corrected chi connectivity index (χ1v) is 8.50. The number of rotatable bonds is 1. The molecule has 0 spiro atoms. The maximum absolute atomic E-state index is 13.2. The molecule has 0 bridgehead atoms. The molecule has 28 heavy (non-hydrogen) atoms. The molecule has 4 rings (SSSR count). The summed E-state index contributed by atoms with van der Waals surface area (Å²) in [5, 5.41) is 42.2. The Morgan fingerprint density at radius 3 is 2.54 bits per heavy atom. The molecule has 0 aromatic carbocycles. The van der Waals surface area contributed by atoms with Gasteiger partial charge in [0.25, 0.3) is 5.91 Å². The maximum atomic E-state index is 13.2. The van der Waals surface area contributed by atoms with Gasteiger partial charge in [0.15, 0.2) is 11.4 Å². The largest absolute Gasteiger partial charge is 0.508 e. The second-order valence-corrected chi connectivity index (χ2v) is 7.27. The molecule has 0 unspecified atom stereocenters. The van der Waals surface area contributed by atoms with E-state index in [4.69, 9.17) is 11.5 Å². The van der Waals surface area contributed by atoms with Crippen LogP contribution in [-0.2, 0) is 20.8 Å². The van der Waals surface area contributed by atoms with E-state index in [1.54, 1.807) is 0 Å². The molecule has 4 atom stereocenters. The van der Waals surface area contributed by atoms with Gasteiger partial charge in [0.1, 0.15) is 22.8 Å². The van der Waals surface area contributed by atoms with Gasteiger partial charge < -0.3 is 31.9 Å². The fraction of sp³-hybridized carbons (Fsp3) is 0.333. The first-order chi connectivity index (χ1) is 13.1. The number of nitrogens with two attached hydrogens (primary N) is 2. The Morgan fingerprint density at radius 2 is 1.89 bits per heavy atom. The summed E-state index contributed by atoms with van der Waals surface area (Å²) in [6, 6.07) is -1.44. The van der Waals surface area contributed by atoms with Crippen molar-refractivity contribution in [2.45, 2.75) is 24.5 Å². The van der Waals surface area contributed by atoms with Crippen LogP contribution in [0, 0.1) is 11.8 Å². The van der Waals surface area contributed by atoms with E-state index in [1.807, 2.05) is 0 Å². The van der Waals surface area contributed by atoms with Gasteiger partial charge in [-0.25, -0.2) is 0 Å². The number of hydrogen-bond donors (Lipinski definition) is 6. The number of fused-ring (bicyclic) bond motifs is 3. The van der Waals surface area contributed by atoms with Crippen molar-refractivity contribution in [3.8, 4) is 5.75 Å². The lowest BCUT2D eigenvalue weighted by Crippen LogP contribution is -2.65. The highest BCUT2D eigenvalue weighted by Crippen LogP contribution is 2.51. The number of aliphatic hydroxyl groups is 3. The number of aromatic hydroxyl groups is 1. The highest BCUT2D eigenvalue weighted by molar-refractivity contribution is 6.24. The van der Waals surface area contributed by atoms with E-state index >= 15 is 0 Å². The van der Waals surface area contributed by atoms with E-state index in [9.17, 15) is 34.8 Å². The molecule has 0 saturated heterocycles. The second-order valence-electron chi connectivity index (χ2n) is 7.27. The van der Waals surface area contributed by atoms with Crippen LogP contribution in [0.4, 0.5) is 0 Å². The molecular weight excluding hydrogens is 370 g/mol. The number of carbonyl (C=O) groups is 3. The van der Waals surface area contributed by atoms with Gasteiger partial charge >= 0.3 is 0 Å². The lowest BCUT2D eigenvalue weighted by atomic mass is 9.58. The zero-order valence-electron chi connectivity index (χ0n) is 14.4. The lowest BCUT2D eigenvalue weighted by molar-refractivity contribution is -0.149.